The van der Waals surface area contributed by atoms with Crippen molar-refractivity contribution in [3.05, 3.63) is 45.7 Å². The van der Waals surface area contributed by atoms with E-state index in [-0.39, 0.29) is 11.5 Å². The first kappa shape index (κ1) is 16.3. The van der Waals surface area contributed by atoms with E-state index in [1.807, 2.05) is 6.07 Å². The van der Waals surface area contributed by atoms with Crippen molar-refractivity contribution in [1.29, 1.82) is 5.26 Å². The highest BCUT2D eigenvalue weighted by atomic mass is 32.1. The first-order chi connectivity index (χ1) is 11.5. The zero-order valence-electron chi connectivity index (χ0n) is 13.0. The van der Waals surface area contributed by atoms with E-state index in [9.17, 15) is 19.2 Å². The third-order valence-electron chi connectivity index (χ3n) is 3.88. The first-order valence-corrected chi connectivity index (χ1v) is 8.35. The summed E-state index contributed by atoms with van der Waals surface area (Å²) in [4.78, 5) is 30.2. The summed E-state index contributed by atoms with van der Waals surface area (Å²) < 4.78 is 14.2. The van der Waals surface area contributed by atoms with Gasteiger partial charge in [-0.1, -0.05) is 0 Å². The van der Waals surface area contributed by atoms with Crippen molar-refractivity contribution >= 4 is 28.7 Å². The van der Waals surface area contributed by atoms with Gasteiger partial charge in [0, 0.05) is 29.7 Å². The average molecular weight is 343 g/mol. The number of aromatic nitrogens is 1. The monoisotopic (exact) mass is 343 g/mol. The molecule has 5 nitrogen and oxygen atoms in total. The molecule has 1 atom stereocenters. The smallest absolute Gasteiger partial charge is 0.227 e. The lowest BCUT2D eigenvalue weighted by Gasteiger charge is -2.17. The molecule has 1 aromatic carbocycles. The highest BCUT2D eigenvalue weighted by molar-refractivity contribution is 7.10. The Bertz CT molecular complexity index is 856. The number of hydrogen-bond donors (Lipinski definition) is 0. The maximum atomic E-state index is 14.2. The summed E-state index contributed by atoms with van der Waals surface area (Å²) in [7, 11) is 0. The van der Waals surface area contributed by atoms with Gasteiger partial charge in [0.2, 0.25) is 5.91 Å². The topological polar surface area (TPSA) is 74.1 Å². The fraction of sp³-hybridized carbons (Fsp3) is 0.294. The zero-order valence-corrected chi connectivity index (χ0v) is 13.8. The molecule has 2 heterocycles. The van der Waals surface area contributed by atoms with Gasteiger partial charge in [-0.15, -0.1) is 11.3 Å². The lowest BCUT2D eigenvalue weighted by atomic mass is 9.98. The van der Waals surface area contributed by atoms with Gasteiger partial charge in [0.25, 0.3) is 0 Å². The highest BCUT2D eigenvalue weighted by Crippen LogP contribution is 2.28. The van der Waals surface area contributed by atoms with E-state index >= 15 is 0 Å². The van der Waals surface area contributed by atoms with Crippen LogP contribution in [0.15, 0.2) is 23.6 Å². The second-order valence-electron chi connectivity index (χ2n) is 5.57. The quantitative estimate of drug-likeness (QED) is 0.799. The van der Waals surface area contributed by atoms with Crippen LogP contribution in [0.5, 0.6) is 0 Å². The second-order valence-corrected chi connectivity index (χ2v) is 6.46. The van der Waals surface area contributed by atoms with Gasteiger partial charge in [0.15, 0.2) is 11.7 Å². The van der Waals surface area contributed by atoms with Crippen molar-refractivity contribution in [1.82, 2.24) is 4.98 Å². The van der Waals surface area contributed by atoms with Crippen LogP contribution in [-0.2, 0) is 4.79 Å². The number of halogens is 1. The van der Waals surface area contributed by atoms with Crippen LogP contribution in [0.3, 0.4) is 0 Å². The van der Waals surface area contributed by atoms with Gasteiger partial charge in [0.1, 0.15) is 10.8 Å². The van der Waals surface area contributed by atoms with Crippen molar-refractivity contribution in [2.75, 3.05) is 11.4 Å². The number of carbonyl (C=O) groups excluding carboxylic acids is 2. The van der Waals surface area contributed by atoms with Crippen LogP contribution >= 0.6 is 11.3 Å². The Labute approximate surface area is 142 Å². The summed E-state index contributed by atoms with van der Waals surface area (Å²) >= 11 is 1.20. The van der Waals surface area contributed by atoms with E-state index in [0.29, 0.717) is 29.4 Å². The van der Waals surface area contributed by atoms with E-state index < -0.39 is 17.5 Å². The van der Waals surface area contributed by atoms with Crippen molar-refractivity contribution in [3.8, 4) is 6.07 Å². The molecule has 0 radical (unpaired) electrons. The van der Waals surface area contributed by atoms with Gasteiger partial charge in [0.05, 0.1) is 11.6 Å². The highest BCUT2D eigenvalue weighted by Gasteiger charge is 2.29. The van der Waals surface area contributed by atoms with Crippen LogP contribution in [-0.4, -0.2) is 23.2 Å². The third kappa shape index (κ3) is 2.93. The summed E-state index contributed by atoms with van der Waals surface area (Å²) in [5.74, 6) is -2.54. The number of hydrogen-bond acceptors (Lipinski definition) is 5. The SMILES string of the molecule is Cc1csc([C@H](C#N)C(=O)c2cc(N3CCCC3=O)ccc2F)n1. The molecule has 3 rings (SSSR count). The van der Waals surface area contributed by atoms with Crippen LogP contribution in [0, 0.1) is 24.1 Å². The molecule has 1 saturated heterocycles. The molecule has 7 heteroatoms. The molecule has 1 aliphatic rings. The van der Waals surface area contributed by atoms with E-state index in [4.69, 9.17) is 0 Å². The second kappa shape index (κ2) is 6.49. The maximum Gasteiger partial charge on any atom is 0.227 e. The lowest BCUT2D eigenvalue weighted by Crippen LogP contribution is -2.24. The Morgan fingerprint density at radius 1 is 1.50 bits per heavy atom. The molecule has 1 aliphatic heterocycles. The predicted molar refractivity (Wildman–Crippen MR) is 87.5 cm³/mol. The number of thiazole rings is 1. The van der Waals surface area contributed by atoms with Crippen LogP contribution in [0.25, 0.3) is 0 Å². The molecule has 0 bridgehead atoms. The number of nitrogens with zero attached hydrogens (tertiary/aromatic N) is 3. The molecule has 0 aliphatic carbocycles. The zero-order chi connectivity index (χ0) is 17.3. The number of amides is 1. The molecular formula is C17H14FN3O2S. The number of Topliss-reactive ketones (excluding diaryl/α,β-unsaturated/α-hetero) is 1. The van der Waals surface area contributed by atoms with Gasteiger partial charge in [-0.3, -0.25) is 9.59 Å². The molecule has 0 unspecified atom stereocenters. The molecule has 24 heavy (non-hydrogen) atoms. The standard InChI is InChI=1S/C17H14FN3O2S/c1-10-9-24-17(20-10)13(8-19)16(23)12-7-11(4-5-14(12)18)21-6-2-3-15(21)22/h4-5,7,9,13H,2-3,6H2,1H3/t13-/m1/s1. The lowest BCUT2D eigenvalue weighted by molar-refractivity contribution is -0.117. The van der Waals surface area contributed by atoms with Crippen LogP contribution in [0.4, 0.5) is 10.1 Å². The molecular weight excluding hydrogens is 329 g/mol. The van der Waals surface area contributed by atoms with E-state index in [1.54, 1.807) is 12.3 Å². The first-order valence-electron chi connectivity index (χ1n) is 7.47. The van der Waals surface area contributed by atoms with Crippen molar-refractivity contribution in [2.45, 2.75) is 25.7 Å². The normalized spacial score (nSPS) is 15.4. The van der Waals surface area contributed by atoms with E-state index in [2.05, 4.69) is 4.98 Å². The van der Waals surface area contributed by atoms with Crippen LogP contribution < -0.4 is 4.90 Å². The maximum absolute atomic E-state index is 14.2. The number of aryl methyl sites for hydroxylation is 1. The molecule has 1 fully saturated rings. The number of ketones is 1. The number of carbonyl (C=O) groups is 2. The van der Waals surface area contributed by atoms with Crippen molar-refractivity contribution < 1.29 is 14.0 Å². The van der Waals surface area contributed by atoms with Crippen LogP contribution in [0.1, 0.15) is 39.8 Å². The molecule has 2 aromatic rings. The Morgan fingerprint density at radius 3 is 2.88 bits per heavy atom. The molecule has 1 aromatic heterocycles. The molecule has 0 spiro atoms. The Kier molecular flexibility index (Phi) is 4.40. The van der Waals surface area contributed by atoms with Crippen molar-refractivity contribution in [3.63, 3.8) is 0 Å². The number of anilines is 1. The summed E-state index contributed by atoms with van der Waals surface area (Å²) in [5, 5.41) is 11.4. The van der Waals surface area contributed by atoms with Gasteiger partial charge < -0.3 is 4.90 Å². The molecule has 0 N–H and O–H groups in total. The minimum atomic E-state index is -1.15. The number of benzene rings is 1. The summed E-state index contributed by atoms with van der Waals surface area (Å²) in [6, 6.07) is 5.90. The largest absolute Gasteiger partial charge is 0.312 e. The van der Waals surface area contributed by atoms with Gasteiger partial charge in [-0.25, -0.2) is 9.37 Å². The van der Waals surface area contributed by atoms with Gasteiger partial charge in [-0.2, -0.15) is 5.26 Å². The predicted octanol–water partition coefficient (Wildman–Crippen LogP) is 3.21. The minimum absolute atomic E-state index is 0.0487. The fourth-order valence-electron chi connectivity index (χ4n) is 2.68. The van der Waals surface area contributed by atoms with E-state index in [0.717, 1.165) is 12.5 Å². The van der Waals surface area contributed by atoms with Crippen LogP contribution in [0.2, 0.25) is 0 Å². The van der Waals surface area contributed by atoms with Crippen molar-refractivity contribution in [2.24, 2.45) is 0 Å². The number of rotatable bonds is 4. The molecule has 122 valence electrons. The third-order valence-corrected chi connectivity index (χ3v) is 4.90. The Hall–Kier alpha value is -2.59. The Morgan fingerprint density at radius 2 is 2.29 bits per heavy atom. The summed E-state index contributed by atoms with van der Waals surface area (Å²) in [5.41, 5.74) is 1.00. The number of nitriles is 1. The molecule has 1 amide bonds. The average Bonchev–Trinajstić information content (AvgIpc) is 3.17. The summed E-state index contributed by atoms with van der Waals surface area (Å²) in [6.07, 6.45) is 1.18. The molecule has 0 saturated carbocycles. The fourth-order valence-corrected chi connectivity index (χ4v) is 3.51. The minimum Gasteiger partial charge on any atom is -0.312 e. The van der Waals surface area contributed by atoms with E-state index in [1.165, 1.54) is 28.4 Å². The summed E-state index contributed by atoms with van der Waals surface area (Å²) in [6.45, 7) is 2.31. The Balaban J connectivity index is 1.97. The van der Waals surface area contributed by atoms with Gasteiger partial charge in [-0.05, 0) is 31.5 Å². The van der Waals surface area contributed by atoms with Gasteiger partial charge >= 0.3 is 0 Å².